The minimum atomic E-state index is 0.252. The van der Waals surface area contributed by atoms with Crippen LogP contribution in [0.25, 0.3) is 22.4 Å². The van der Waals surface area contributed by atoms with Crippen LogP contribution in [0.3, 0.4) is 0 Å². The maximum absolute atomic E-state index is 6.12. The first-order valence-corrected chi connectivity index (χ1v) is 11.7. The first kappa shape index (κ1) is 17.8. The van der Waals surface area contributed by atoms with Gasteiger partial charge in [0, 0.05) is 65.8 Å². The van der Waals surface area contributed by atoms with Gasteiger partial charge in [-0.15, -0.1) is 0 Å². The molecule has 0 spiro atoms. The van der Waals surface area contributed by atoms with Crippen molar-refractivity contribution in [3.63, 3.8) is 0 Å². The Hall–Kier alpha value is -1.59. The van der Waals surface area contributed by atoms with E-state index in [-0.39, 0.29) is 6.04 Å². The van der Waals surface area contributed by atoms with Gasteiger partial charge in [-0.1, -0.05) is 0 Å². The van der Waals surface area contributed by atoms with Crippen molar-refractivity contribution in [1.29, 1.82) is 0 Å². The highest BCUT2D eigenvalue weighted by Gasteiger charge is 2.22. The molecule has 0 aliphatic carbocycles. The van der Waals surface area contributed by atoms with Crippen LogP contribution in [0.1, 0.15) is 12.6 Å². The molecule has 4 heterocycles. The van der Waals surface area contributed by atoms with Gasteiger partial charge in [-0.3, -0.25) is 3.97 Å². The molecule has 4 rings (SSSR count). The molecular weight excluding hydrogens is 463 g/mol. The number of ether oxygens (including phenoxy) is 1. The van der Waals surface area contributed by atoms with Crippen molar-refractivity contribution in [3.8, 4) is 11.4 Å². The molecule has 1 saturated heterocycles. The molecule has 1 unspecified atom stereocenters. The average molecular weight is 482 g/mol. The predicted octanol–water partition coefficient (Wildman–Crippen LogP) is 3.46. The van der Waals surface area contributed by atoms with Gasteiger partial charge in [0.2, 0.25) is 0 Å². The van der Waals surface area contributed by atoms with Crippen molar-refractivity contribution in [1.82, 2.24) is 18.9 Å². The number of nitrogens with two attached hydrogens (primary N) is 1. The Morgan fingerprint density at radius 2 is 2.19 bits per heavy atom. The van der Waals surface area contributed by atoms with E-state index >= 15 is 0 Å². The van der Waals surface area contributed by atoms with E-state index in [1.807, 2.05) is 12.1 Å². The molecule has 0 amide bonds. The maximum Gasteiger partial charge on any atom is 0.164 e. The quantitative estimate of drug-likeness (QED) is 0.573. The smallest absolute Gasteiger partial charge is 0.164 e. The zero-order valence-corrected chi connectivity index (χ0v) is 17.5. The number of hydrogen-bond donors (Lipinski definition) is 1. The van der Waals surface area contributed by atoms with E-state index in [0.29, 0.717) is 24.9 Å². The number of morpholine rings is 1. The molecule has 0 bridgehead atoms. The summed E-state index contributed by atoms with van der Waals surface area (Å²) in [5.74, 6) is 1.93. The number of hydrogen-bond acceptors (Lipinski definition) is 7. The van der Waals surface area contributed by atoms with Crippen molar-refractivity contribution < 1.29 is 4.74 Å². The molecule has 3 aromatic rings. The average Bonchev–Trinajstić information content (AvgIpc) is 2.96. The van der Waals surface area contributed by atoms with Crippen LogP contribution in [0.5, 0.6) is 0 Å². The molecule has 1 aliphatic heterocycles. The maximum atomic E-state index is 6.12. The summed E-state index contributed by atoms with van der Waals surface area (Å²) in [5, 5.41) is 1.03. The minimum Gasteiger partial charge on any atom is -0.384 e. The molecule has 1 aliphatic rings. The lowest BCUT2D eigenvalue weighted by Gasteiger charge is -2.34. The zero-order valence-electron chi connectivity index (χ0n) is 14.5. The number of rotatable bonds is 3. The first-order chi connectivity index (χ1) is 12.6. The van der Waals surface area contributed by atoms with Gasteiger partial charge >= 0.3 is 0 Å². The van der Waals surface area contributed by atoms with Gasteiger partial charge in [-0.05, 0) is 26.0 Å². The Kier molecular flexibility index (Phi) is 4.93. The van der Waals surface area contributed by atoms with Crippen molar-refractivity contribution in [2.24, 2.45) is 0 Å². The van der Waals surface area contributed by atoms with E-state index in [1.54, 1.807) is 15.3 Å². The van der Waals surface area contributed by atoms with E-state index in [0.717, 1.165) is 34.7 Å². The predicted molar refractivity (Wildman–Crippen MR) is 115 cm³/mol. The molecule has 0 aromatic carbocycles. The van der Waals surface area contributed by atoms with E-state index in [9.17, 15) is 0 Å². The largest absolute Gasteiger partial charge is 0.384 e. The van der Waals surface area contributed by atoms with Gasteiger partial charge in [-0.25, -0.2) is 15.0 Å². The second-order valence-corrected chi connectivity index (χ2v) is 8.02. The highest BCUT2D eigenvalue weighted by Crippen LogP contribution is 2.33. The van der Waals surface area contributed by atoms with Crippen LogP contribution >= 0.6 is 30.3 Å². The number of anilines is 2. The van der Waals surface area contributed by atoms with Gasteiger partial charge in [-0.2, -0.15) is 0 Å². The second kappa shape index (κ2) is 7.20. The number of nitrogen functional groups attached to an aromatic ring is 1. The van der Waals surface area contributed by atoms with Crippen molar-refractivity contribution in [2.45, 2.75) is 19.9 Å². The second-order valence-electron chi connectivity index (χ2n) is 6.34. The summed E-state index contributed by atoms with van der Waals surface area (Å²) in [6, 6.07) is 6.15. The summed E-state index contributed by atoms with van der Waals surface area (Å²) in [6.45, 7) is 6.37. The number of halogens is 1. The summed E-state index contributed by atoms with van der Waals surface area (Å²) in [7, 11) is 1.60. The van der Waals surface area contributed by atoms with Crippen LogP contribution in [0, 0.1) is 6.92 Å². The third-order valence-corrected chi connectivity index (χ3v) is 6.32. The van der Waals surface area contributed by atoms with E-state index < -0.39 is 0 Å². The Morgan fingerprint density at radius 3 is 2.96 bits per heavy atom. The third-order valence-electron chi connectivity index (χ3n) is 4.54. The fourth-order valence-corrected chi connectivity index (χ4v) is 5.13. The van der Waals surface area contributed by atoms with E-state index in [1.165, 1.54) is 0 Å². The molecule has 1 atom stereocenters. The molecule has 2 N–H and O–H groups in total. The molecular formula is C17H19IN6OS. The molecule has 26 heavy (non-hydrogen) atoms. The zero-order chi connectivity index (χ0) is 18.3. The number of aromatic nitrogens is 4. The number of pyridine rings is 1. The molecule has 1 fully saturated rings. The van der Waals surface area contributed by atoms with Gasteiger partial charge in [0.1, 0.15) is 11.6 Å². The standard InChI is InChI=1S/C17H19IN6OS/c1-10-7-13-12(3-4-20-17(13)24(10)26-18)16-21-14(19)8-15(22-16)23-5-6-25-9-11(23)2/h3-4,7-8,11H,5-6,9H2,1-2H3,(H2,19,21,22). The summed E-state index contributed by atoms with van der Waals surface area (Å²) in [4.78, 5) is 16.1. The van der Waals surface area contributed by atoms with E-state index in [4.69, 9.17) is 15.5 Å². The monoisotopic (exact) mass is 482 g/mol. The topological polar surface area (TPSA) is 82.1 Å². The third kappa shape index (κ3) is 3.12. The summed E-state index contributed by atoms with van der Waals surface area (Å²) < 4.78 is 7.63. The minimum absolute atomic E-state index is 0.252. The lowest BCUT2D eigenvalue weighted by atomic mass is 10.1. The molecule has 7 nitrogen and oxygen atoms in total. The van der Waals surface area contributed by atoms with Crippen LogP contribution in [0.15, 0.2) is 24.4 Å². The molecule has 136 valence electrons. The highest BCUT2D eigenvalue weighted by atomic mass is 127. The number of nitrogens with zero attached hydrogens (tertiary/aromatic N) is 5. The molecule has 0 radical (unpaired) electrons. The van der Waals surface area contributed by atoms with E-state index in [2.05, 4.69) is 60.0 Å². The van der Waals surface area contributed by atoms with Crippen molar-refractivity contribution in [2.75, 3.05) is 30.4 Å². The van der Waals surface area contributed by atoms with Gasteiger partial charge in [0.15, 0.2) is 11.5 Å². The molecule has 3 aromatic heterocycles. The summed E-state index contributed by atoms with van der Waals surface area (Å²) >= 11 is 2.26. The normalized spacial score (nSPS) is 17.8. The fourth-order valence-electron chi connectivity index (χ4n) is 3.27. The van der Waals surface area contributed by atoms with Crippen LogP contribution in [-0.2, 0) is 4.74 Å². The van der Waals surface area contributed by atoms with Gasteiger partial charge in [0.05, 0.1) is 19.3 Å². The van der Waals surface area contributed by atoms with Crippen LogP contribution < -0.4 is 10.6 Å². The molecule has 9 heteroatoms. The summed E-state index contributed by atoms with van der Waals surface area (Å²) in [5.41, 5.74) is 9.10. The van der Waals surface area contributed by atoms with Crippen LogP contribution in [-0.4, -0.2) is 44.7 Å². The summed E-state index contributed by atoms with van der Waals surface area (Å²) in [6.07, 6.45) is 1.80. The van der Waals surface area contributed by atoms with Crippen molar-refractivity contribution >= 4 is 53.0 Å². The Labute approximate surface area is 168 Å². The Morgan fingerprint density at radius 1 is 1.35 bits per heavy atom. The fraction of sp³-hybridized carbons (Fsp3) is 0.353. The first-order valence-electron chi connectivity index (χ1n) is 8.34. The Balaban J connectivity index is 1.85. The van der Waals surface area contributed by atoms with Crippen LogP contribution in [0.2, 0.25) is 0 Å². The van der Waals surface area contributed by atoms with Crippen molar-refractivity contribution in [3.05, 3.63) is 30.1 Å². The number of aryl methyl sites for hydroxylation is 1. The molecule has 0 saturated carbocycles. The Bertz CT molecular complexity index is 962. The lowest BCUT2D eigenvalue weighted by molar-refractivity contribution is 0.0985. The lowest BCUT2D eigenvalue weighted by Crippen LogP contribution is -2.44. The van der Waals surface area contributed by atoms with Gasteiger partial charge < -0.3 is 15.4 Å². The van der Waals surface area contributed by atoms with Gasteiger partial charge in [0.25, 0.3) is 0 Å². The SMILES string of the molecule is Cc1cc2c(-c3nc(N)cc(N4CCOCC4C)n3)ccnc2n1SI. The van der Waals surface area contributed by atoms with Crippen LogP contribution in [0.4, 0.5) is 11.6 Å². The highest BCUT2D eigenvalue weighted by molar-refractivity contribution is 14.2. The number of fused-ring (bicyclic) bond motifs is 1.